The Kier molecular flexibility index (Phi) is 6.15. The van der Waals surface area contributed by atoms with Gasteiger partial charge in [0.05, 0.1) is 16.6 Å². The summed E-state index contributed by atoms with van der Waals surface area (Å²) in [6.45, 7) is 4.01. The third-order valence-corrected chi connectivity index (χ3v) is 8.02. The Balaban J connectivity index is 1.54. The van der Waals surface area contributed by atoms with Crippen molar-refractivity contribution in [3.05, 3.63) is 46.5 Å². The predicted octanol–water partition coefficient (Wildman–Crippen LogP) is 3.33. The number of anilines is 2. The zero-order valence-electron chi connectivity index (χ0n) is 17.8. The molecule has 32 heavy (non-hydrogen) atoms. The highest BCUT2D eigenvalue weighted by molar-refractivity contribution is 7.89. The SMILES string of the molecule is Cc1ccc(C)c(NC(=O)[C@H]2CCCN(S(=O)(=O)c3cc4c(cc3Cl)NC(=O)CO4)C2)c1. The molecule has 4 rings (SSSR count). The van der Waals surface area contributed by atoms with Crippen molar-refractivity contribution in [3.8, 4) is 5.75 Å². The Morgan fingerprint density at radius 3 is 2.81 bits per heavy atom. The zero-order valence-corrected chi connectivity index (χ0v) is 19.3. The van der Waals surface area contributed by atoms with Crippen LogP contribution in [0.5, 0.6) is 5.75 Å². The van der Waals surface area contributed by atoms with Crippen molar-refractivity contribution >= 4 is 44.8 Å². The minimum absolute atomic E-state index is 0.0171. The number of nitrogens with zero attached hydrogens (tertiary/aromatic N) is 1. The molecule has 2 aliphatic heterocycles. The molecular formula is C22H24ClN3O5S. The van der Waals surface area contributed by atoms with Gasteiger partial charge in [-0.1, -0.05) is 23.7 Å². The summed E-state index contributed by atoms with van der Waals surface area (Å²) in [4.78, 5) is 24.3. The van der Waals surface area contributed by atoms with Crippen LogP contribution in [-0.2, 0) is 19.6 Å². The molecule has 2 amide bonds. The molecule has 2 aromatic carbocycles. The molecule has 1 saturated heterocycles. The molecule has 2 aromatic rings. The topological polar surface area (TPSA) is 105 Å². The second-order valence-electron chi connectivity index (χ2n) is 8.13. The van der Waals surface area contributed by atoms with Crippen LogP contribution in [0.25, 0.3) is 0 Å². The van der Waals surface area contributed by atoms with E-state index in [-0.39, 0.29) is 40.6 Å². The molecule has 2 N–H and O–H groups in total. The highest BCUT2D eigenvalue weighted by Gasteiger charge is 2.35. The summed E-state index contributed by atoms with van der Waals surface area (Å²) in [6.07, 6.45) is 1.15. The molecule has 8 nitrogen and oxygen atoms in total. The highest BCUT2D eigenvalue weighted by Crippen LogP contribution is 2.37. The number of aryl methyl sites for hydroxylation is 2. The standard InChI is InChI=1S/C22H24ClN3O5S/c1-13-5-6-14(2)17(8-13)25-22(28)15-4-3-7-26(11-15)32(29,30)20-10-19-18(9-16(20)23)24-21(27)12-31-19/h5-6,8-10,15H,3-4,7,11-12H2,1-2H3,(H,24,27)(H,25,28)/t15-/m0/s1. The van der Waals surface area contributed by atoms with E-state index in [4.69, 9.17) is 16.3 Å². The summed E-state index contributed by atoms with van der Waals surface area (Å²) in [5, 5.41) is 5.53. The molecule has 0 aliphatic carbocycles. The number of sulfonamides is 1. The lowest BCUT2D eigenvalue weighted by Crippen LogP contribution is -2.43. The summed E-state index contributed by atoms with van der Waals surface area (Å²) in [6, 6.07) is 8.50. The fourth-order valence-corrected chi connectivity index (χ4v) is 5.94. The van der Waals surface area contributed by atoms with Gasteiger partial charge in [-0.25, -0.2) is 8.42 Å². The van der Waals surface area contributed by atoms with Gasteiger partial charge in [0.25, 0.3) is 5.91 Å². The Labute approximate surface area is 191 Å². The van der Waals surface area contributed by atoms with Crippen LogP contribution in [-0.4, -0.2) is 44.2 Å². The van der Waals surface area contributed by atoms with E-state index in [9.17, 15) is 18.0 Å². The molecule has 2 aliphatic rings. The fourth-order valence-electron chi connectivity index (χ4n) is 3.90. The number of benzene rings is 2. The Morgan fingerprint density at radius 2 is 2.03 bits per heavy atom. The minimum atomic E-state index is -3.97. The van der Waals surface area contributed by atoms with E-state index < -0.39 is 15.9 Å². The number of carbonyl (C=O) groups excluding carboxylic acids is 2. The Morgan fingerprint density at radius 1 is 1.25 bits per heavy atom. The van der Waals surface area contributed by atoms with E-state index >= 15 is 0 Å². The fraction of sp³-hybridized carbons (Fsp3) is 0.364. The summed E-state index contributed by atoms with van der Waals surface area (Å²) < 4.78 is 33.3. The Hall–Kier alpha value is -2.62. The molecule has 0 radical (unpaired) electrons. The van der Waals surface area contributed by atoms with Gasteiger partial charge in [0.2, 0.25) is 15.9 Å². The molecule has 0 saturated carbocycles. The first kappa shape index (κ1) is 22.6. The first-order chi connectivity index (χ1) is 15.1. The number of rotatable bonds is 4. The van der Waals surface area contributed by atoms with E-state index in [1.165, 1.54) is 16.4 Å². The number of piperidine rings is 1. The van der Waals surface area contributed by atoms with Gasteiger partial charge in [0, 0.05) is 24.8 Å². The van der Waals surface area contributed by atoms with Crippen molar-refractivity contribution in [2.45, 2.75) is 31.6 Å². The van der Waals surface area contributed by atoms with Crippen LogP contribution in [0.4, 0.5) is 11.4 Å². The van der Waals surface area contributed by atoms with Gasteiger partial charge in [-0.2, -0.15) is 4.31 Å². The molecule has 0 spiro atoms. The van der Waals surface area contributed by atoms with Crippen molar-refractivity contribution in [3.63, 3.8) is 0 Å². The maximum absolute atomic E-state index is 13.4. The van der Waals surface area contributed by atoms with Crippen LogP contribution in [0.3, 0.4) is 0 Å². The summed E-state index contributed by atoms with van der Waals surface area (Å²) in [5.41, 5.74) is 3.03. The normalized spacial score (nSPS) is 19.0. The molecule has 1 atom stereocenters. The van der Waals surface area contributed by atoms with Crippen molar-refractivity contribution in [2.24, 2.45) is 5.92 Å². The smallest absolute Gasteiger partial charge is 0.262 e. The molecule has 1 fully saturated rings. The minimum Gasteiger partial charge on any atom is -0.482 e. The number of ether oxygens (including phenoxy) is 1. The van der Waals surface area contributed by atoms with Crippen LogP contribution in [0.15, 0.2) is 35.2 Å². The molecule has 0 bridgehead atoms. The third kappa shape index (κ3) is 4.46. The quantitative estimate of drug-likeness (QED) is 0.702. The molecule has 0 aromatic heterocycles. The van der Waals surface area contributed by atoms with Gasteiger partial charge in [0.15, 0.2) is 6.61 Å². The van der Waals surface area contributed by atoms with E-state index in [1.54, 1.807) is 0 Å². The first-order valence-electron chi connectivity index (χ1n) is 10.3. The van der Waals surface area contributed by atoms with Crippen LogP contribution < -0.4 is 15.4 Å². The van der Waals surface area contributed by atoms with Crippen molar-refractivity contribution in [1.29, 1.82) is 0 Å². The largest absolute Gasteiger partial charge is 0.482 e. The third-order valence-electron chi connectivity index (χ3n) is 5.69. The van der Waals surface area contributed by atoms with Gasteiger partial charge in [0.1, 0.15) is 10.6 Å². The van der Waals surface area contributed by atoms with E-state index in [2.05, 4.69) is 10.6 Å². The number of hydrogen-bond acceptors (Lipinski definition) is 5. The van der Waals surface area contributed by atoms with E-state index in [0.29, 0.717) is 25.1 Å². The number of carbonyl (C=O) groups is 2. The van der Waals surface area contributed by atoms with Gasteiger partial charge in [-0.05, 0) is 49.9 Å². The molecular weight excluding hydrogens is 454 g/mol. The average molecular weight is 478 g/mol. The second kappa shape index (κ2) is 8.73. The maximum Gasteiger partial charge on any atom is 0.262 e. The van der Waals surface area contributed by atoms with Crippen molar-refractivity contribution in [1.82, 2.24) is 4.31 Å². The lowest BCUT2D eigenvalue weighted by atomic mass is 9.98. The predicted molar refractivity (Wildman–Crippen MR) is 122 cm³/mol. The number of amides is 2. The van der Waals surface area contributed by atoms with Crippen LogP contribution in [0.2, 0.25) is 5.02 Å². The van der Waals surface area contributed by atoms with E-state index in [1.807, 2.05) is 32.0 Å². The van der Waals surface area contributed by atoms with Gasteiger partial charge in [-0.15, -0.1) is 0 Å². The summed E-state index contributed by atoms with van der Waals surface area (Å²) >= 11 is 6.26. The van der Waals surface area contributed by atoms with Crippen LogP contribution in [0.1, 0.15) is 24.0 Å². The van der Waals surface area contributed by atoms with Crippen LogP contribution >= 0.6 is 11.6 Å². The van der Waals surface area contributed by atoms with Gasteiger partial charge in [-0.3, -0.25) is 9.59 Å². The van der Waals surface area contributed by atoms with Gasteiger partial charge < -0.3 is 15.4 Å². The lowest BCUT2D eigenvalue weighted by molar-refractivity contribution is -0.121. The molecule has 10 heteroatoms. The maximum atomic E-state index is 13.4. The Bertz CT molecular complexity index is 1200. The van der Waals surface area contributed by atoms with Crippen molar-refractivity contribution < 1.29 is 22.7 Å². The monoisotopic (exact) mass is 477 g/mol. The first-order valence-corrected chi connectivity index (χ1v) is 12.1. The number of fused-ring (bicyclic) bond motifs is 1. The number of nitrogens with one attached hydrogen (secondary N) is 2. The van der Waals surface area contributed by atoms with Crippen molar-refractivity contribution in [2.75, 3.05) is 30.3 Å². The second-order valence-corrected chi connectivity index (χ2v) is 10.4. The highest BCUT2D eigenvalue weighted by atomic mass is 35.5. The van der Waals surface area contributed by atoms with Crippen LogP contribution in [0, 0.1) is 19.8 Å². The summed E-state index contributed by atoms with van der Waals surface area (Å²) in [7, 11) is -3.97. The zero-order chi connectivity index (χ0) is 23.0. The van der Waals surface area contributed by atoms with E-state index in [0.717, 1.165) is 16.8 Å². The molecule has 170 valence electrons. The molecule has 2 heterocycles. The molecule has 0 unspecified atom stereocenters. The average Bonchev–Trinajstić information content (AvgIpc) is 2.75. The number of hydrogen-bond donors (Lipinski definition) is 2. The lowest BCUT2D eigenvalue weighted by Gasteiger charge is -2.32. The number of halogens is 1. The van der Waals surface area contributed by atoms with Gasteiger partial charge >= 0.3 is 0 Å². The summed E-state index contributed by atoms with van der Waals surface area (Å²) in [5.74, 6) is -0.779.